The second kappa shape index (κ2) is 11.2. The third-order valence-electron chi connectivity index (χ3n) is 4.87. The number of ether oxygens (including phenoxy) is 1. The molecule has 0 aliphatic carbocycles. The molecule has 0 radical (unpaired) electrons. The number of halogens is 1. The van der Waals surface area contributed by atoms with E-state index in [2.05, 4.69) is 20.0 Å². The number of anilines is 2. The second-order valence-electron chi connectivity index (χ2n) is 7.63. The Balaban J connectivity index is 1.69. The minimum absolute atomic E-state index is 0.185. The first-order chi connectivity index (χ1) is 15.8. The first-order valence-electron chi connectivity index (χ1n) is 10.4. The minimum atomic E-state index is -3.57. The molecule has 2 N–H and O–H groups in total. The molecule has 0 saturated heterocycles. The van der Waals surface area contributed by atoms with Gasteiger partial charge in [-0.2, -0.15) is 0 Å². The molecule has 0 spiro atoms. The van der Waals surface area contributed by atoms with E-state index in [1.54, 1.807) is 42.6 Å². The summed E-state index contributed by atoms with van der Waals surface area (Å²) in [5.74, 6) is 0.818. The summed E-state index contributed by atoms with van der Waals surface area (Å²) in [7, 11) is 1.81. The Kier molecular flexibility index (Phi) is 8.32. The lowest BCUT2D eigenvalue weighted by atomic mass is 10.1. The number of rotatable bonds is 11. The van der Waals surface area contributed by atoms with Crippen molar-refractivity contribution in [1.29, 1.82) is 0 Å². The molecule has 8 nitrogen and oxygen atoms in total. The molecule has 1 heterocycles. The van der Waals surface area contributed by atoms with Crippen molar-refractivity contribution in [2.24, 2.45) is 0 Å². The molecule has 0 atom stereocenters. The van der Waals surface area contributed by atoms with Crippen LogP contribution in [0.15, 0.2) is 59.6 Å². The van der Waals surface area contributed by atoms with Crippen LogP contribution in [-0.4, -0.2) is 57.6 Å². The summed E-state index contributed by atoms with van der Waals surface area (Å²) >= 11 is 0. The first-order valence-corrected chi connectivity index (χ1v) is 11.9. The molecule has 2 aromatic carbocycles. The summed E-state index contributed by atoms with van der Waals surface area (Å²) < 4.78 is 46.0. The van der Waals surface area contributed by atoms with Crippen LogP contribution >= 0.6 is 0 Å². The molecule has 10 heteroatoms. The highest BCUT2D eigenvalue weighted by atomic mass is 32.2. The fourth-order valence-corrected chi connectivity index (χ4v) is 4.23. The topological polar surface area (TPSA) is 96.4 Å². The molecule has 0 fully saturated rings. The van der Waals surface area contributed by atoms with Crippen molar-refractivity contribution in [2.75, 3.05) is 39.6 Å². The van der Waals surface area contributed by atoms with Crippen LogP contribution < -0.4 is 14.8 Å². The molecule has 0 amide bonds. The molecule has 33 heavy (non-hydrogen) atoms. The normalized spacial score (nSPS) is 11.5. The third kappa shape index (κ3) is 6.70. The van der Waals surface area contributed by atoms with E-state index < -0.39 is 16.7 Å². The highest BCUT2D eigenvalue weighted by Gasteiger charge is 2.13. The second-order valence-corrected chi connectivity index (χ2v) is 9.40. The zero-order valence-electron chi connectivity index (χ0n) is 18.9. The van der Waals surface area contributed by atoms with E-state index in [0.29, 0.717) is 35.2 Å². The molecule has 0 saturated carbocycles. The molecule has 3 rings (SSSR count). The Morgan fingerprint density at radius 3 is 2.52 bits per heavy atom. The van der Waals surface area contributed by atoms with Gasteiger partial charge in [-0.25, -0.2) is 27.5 Å². The lowest BCUT2D eigenvalue weighted by molar-refractivity contribution is 0.394. The monoisotopic (exact) mass is 473 g/mol. The highest BCUT2D eigenvalue weighted by molar-refractivity contribution is 7.89. The van der Waals surface area contributed by atoms with Crippen molar-refractivity contribution in [2.45, 2.75) is 18.0 Å². The van der Waals surface area contributed by atoms with Crippen LogP contribution in [0.25, 0.3) is 11.3 Å². The number of benzene rings is 2. The van der Waals surface area contributed by atoms with Crippen LogP contribution in [0.4, 0.5) is 16.0 Å². The molecule has 0 bridgehead atoms. The van der Waals surface area contributed by atoms with Crippen LogP contribution in [0.1, 0.15) is 12.0 Å². The summed E-state index contributed by atoms with van der Waals surface area (Å²) in [4.78, 5) is 10.9. The summed E-state index contributed by atoms with van der Waals surface area (Å²) in [6, 6.07) is 13.3. The van der Waals surface area contributed by atoms with Gasteiger partial charge in [0.2, 0.25) is 16.0 Å². The van der Waals surface area contributed by atoms with Gasteiger partial charge in [0.05, 0.1) is 17.7 Å². The Morgan fingerprint density at radius 2 is 1.85 bits per heavy atom. The van der Waals surface area contributed by atoms with Crippen LogP contribution in [0, 0.1) is 0 Å². The Morgan fingerprint density at radius 1 is 1.09 bits per heavy atom. The average Bonchev–Trinajstić information content (AvgIpc) is 2.82. The standard InChI is InChI=1S/C23H28FN5O3S/c1-29(2)14-4-12-26-33(30,31)20-8-6-19(7-9-20)27-23-25-13-11-21(28-23)17-5-10-22(32-3)18(15-17)16-24/h5-11,13,15,26H,4,12,14,16H2,1-3H3,(H,25,27,28). The van der Waals surface area contributed by atoms with Gasteiger partial charge in [-0.1, -0.05) is 0 Å². The molecular formula is C23H28FN5O3S. The number of methoxy groups -OCH3 is 1. The maximum Gasteiger partial charge on any atom is 0.240 e. The number of alkyl halides is 1. The highest BCUT2D eigenvalue weighted by Crippen LogP contribution is 2.27. The minimum Gasteiger partial charge on any atom is -0.496 e. The number of hydrogen-bond acceptors (Lipinski definition) is 7. The smallest absolute Gasteiger partial charge is 0.240 e. The first kappa shape index (κ1) is 24.6. The third-order valence-corrected chi connectivity index (χ3v) is 6.35. The van der Waals surface area contributed by atoms with E-state index in [9.17, 15) is 12.8 Å². The summed E-state index contributed by atoms with van der Waals surface area (Å²) in [5.41, 5.74) is 2.43. The number of hydrogen-bond donors (Lipinski definition) is 2. The van der Waals surface area contributed by atoms with Crippen molar-refractivity contribution in [3.63, 3.8) is 0 Å². The van der Waals surface area contributed by atoms with Gasteiger partial charge in [-0.05, 0) is 75.6 Å². The van der Waals surface area contributed by atoms with Crippen molar-refractivity contribution in [3.8, 4) is 17.0 Å². The van der Waals surface area contributed by atoms with Crippen molar-refractivity contribution < 1.29 is 17.5 Å². The van der Waals surface area contributed by atoms with Crippen LogP contribution in [-0.2, 0) is 16.7 Å². The van der Waals surface area contributed by atoms with E-state index >= 15 is 0 Å². The molecule has 1 aromatic heterocycles. The van der Waals surface area contributed by atoms with Gasteiger partial charge >= 0.3 is 0 Å². The van der Waals surface area contributed by atoms with Gasteiger partial charge in [0, 0.05) is 29.6 Å². The molecular weight excluding hydrogens is 445 g/mol. The fourth-order valence-electron chi connectivity index (χ4n) is 3.15. The van der Waals surface area contributed by atoms with Crippen molar-refractivity contribution in [1.82, 2.24) is 19.6 Å². The van der Waals surface area contributed by atoms with Gasteiger partial charge in [-0.3, -0.25) is 0 Å². The molecule has 0 aliphatic rings. The summed E-state index contributed by atoms with van der Waals surface area (Å²) in [6.45, 7) is 0.527. The zero-order chi connectivity index (χ0) is 23.8. The number of sulfonamides is 1. The average molecular weight is 474 g/mol. The van der Waals surface area contributed by atoms with Crippen LogP contribution in [0.2, 0.25) is 0 Å². The number of nitrogens with one attached hydrogen (secondary N) is 2. The summed E-state index contributed by atoms with van der Waals surface area (Å²) in [5, 5.41) is 3.07. The summed E-state index contributed by atoms with van der Waals surface area (Å²) in [6.07, 6.45) is 2.32. The van der Waals surface area contributed by atoms with E-state index in [0.717, 1.165) is 18.5 Å². The van der Waals surface area contributed by atoms with Gasteiger partial charge < -0.3 is 15.0 Å². The maximum atomic E-state index is 13.3. The molecule has 0 unspecified atom stereocenters. The predicted molar refractivity (Wildman–Crippen MR) is 127 cm³/mol. The molecule has 176 valence electrons. The van der Waals surface area contributed by atoms with Crippen LogP contribution in [0.3, 0.4) is 0 Å². The lowest BCUT2D eigenvalue weighted by Crippen LogP contribution is -2.27. The van der Waals surface area contributed by atoms with Crippen LogP contribution in [0.5, 0.6) is 5.75 Å². The van der Waals surface area contributed by atoms with E-state index in [4.69, 9.17) is 4.74 Å². The van der Waals surface area contributed by atoms with E-state index in [-0.39, 0.29) is 4.90 Å². The predicted octanol–water partition coefficient (Wildman–Crippen LogP) is 3.60. The lowest BCUT2D eigenvalue weighted by Gasteiger charge is -2.11. The van der Waals surface area contributed by atoms with Crippen molar-refractivity contribution >= 4 is 21.7 Å². The van der Waals surface area contributed by atoms with E-state index in [1.165, 1.54) is 19.2 Å². The SMILES string of the molecule is COc1ccc(-c2ccnc(Nc3ccc(S(=O)(=O)NCCCN(C)C)cc3)n2)cc1CF. The number of nitrogens with zero attached hydrogens (tertiary/aromatic N) is 3. The van der Waals surface area contributed by atoms with Gasteiger partial charge in [0.1, 0.15) is 12.4 Å². The van der Waals surface area contributed by atoms with Gasteiger partial charge in [0.25, 0.3) is 0 Å². The van der Waals surface area contributed by atoms with Crippen molar-refractivity contribution in [3.05, 3.63) is 60.3 Å². The quantitative estimate of drug-likeness (QED) is 0.411. The fraction of sp³-hybridized carbons (Fsp3) is 0.304. The molecule has 3 aromatic rings. The van der Waals surface area contributed by atoms with Gasteiger partial charge in [-0.15, -0.1) is 0 Å². The molecule has 0 aliphatic heterocycles. The zero-order valence-corrected chi connectivity index (χ0v) is 19.7. The Hall–Kier alpha value is -3.08. The maximum absolute atomic E-state index is 13.3. The Bertz CT molecular complexity index is 1170. The Labute approximate surface area is 193 Å². The van der Waals surface area contributed by atoms with E-state index in [1.807, 2.05) is 19.0 Å². The van der Waals surface area contributed by atoms with Gasteiger partial charge in [0.15, 0.2) is 0 Å². The number of aromatic nitrogens is 2. The largest absolute Gasteiger partial charge is 0.496 e.